The van der Waals surface area contributed by atoms with E-state index in [-0.39, 0.29) is 21.6 Å². The number of hydrogen-bond donors (Lipinski definition) is 2. The number of rotatable bonds is 4. The summed E-state index contributed by atoms with van der Waals surface area (Å²) in [6, 6.07) is 3.55. The topological polar surface area (TPSA) is 133 Å². The number of anilines is 2. The van der Waals surface area contributed by atoms with E-state index in [1.54, 1.807) is 0 Å². The van der Waals surface area contributed by atoms with Gasteiger partial charge in [-0.25, -0.2) is 4.98 Å². The fourth-order valence-corrected chi connectivity index (χ4v) is 3.03. The molecule has 2 rings (SSSR count). The first-order chi connectivity index (χ1) is 9.72. The minimum atomic E-state index is -4.06. The SMILES string of the molecule is Cn1cnc(S(=O)(=O)Nc2ccc(N)c([N+](=O)[O-])c2)c1Cl. The largest absolute Gasteiger partial charge is 0.393 e. The first-order valence-electron chi connectivity index (χ1n) is 5.46. The number of nitro groups is 1. The van der Waals surface area contributed by atoms with Crippen molar-refractivity contribution in [2.45, 2.75) is 5.03 Å². The van der Waals surface area contributed by atoms with Crippen LogP contribution in [0.3, 0.4) is 0 Å². The molecule has 11 heteroatoms. The fourth-order valence-electron chi connectivity index (χ4n) is 1.54. The van der Waals surface area contributed by atoms with Crippen LogP contribution in [0.4, 0.5) is 17.1 Å². The standard InChI is InChI=1S/C10H10ClN5O4S/c1-15-5-13-10(9(15)11)21(19,20)14-6-2-3-7(12)8(4-6)16(17)18/h2-5,14H,12H2,1H3. The lowest BCUT2D eigenvalue weighted by Crippen LogP contribution is -2.14. The molecular formula is C10H10ClN5O4S. The van der Waals surface area contributed by atoms with Gasteiger partial charge in [0.05, 0.1) is 16.9 Å². The third kappa shape index (κ3) is 2.90. The van der Waals surface area contributed by atoms with Gasteiger partial charge in [-0.1, -0.05) is 11.6 Å². The van der Waals surface area contributed by atoms with Crippen molar-refractivity contribution in [3.05, 3.63) is 39.8 Å². The molecule has 9 nitrogen and oxygen atoms in total. The molecule has 3 N–H and O–H groups in total. The van der Waals surface area contributed by atoms with Gasteiger partial charge < -0.3 is 10.3 Å². The molecule has 0 saturated heterocycles. The van der Waals surface area contributed by atoms with Gasteiger partial charge >= 0.3 is 0 Å². The zero-order chi connectivity index (χ0) is 15.8. The second kappa shape index (κ2) is 5.22. The van der Waals surface area contributed by atoms with Gasteiger partial charge in [-0.2, -0.15) is 8.42 Å². The molecule has 0 aliphatic heterocycles. The number of nitro benzene ring substituents is 1. The quantitative estimate of drug-likeness (QED) is 0.493. The van der Waals surface area contributed by atoms with Crippen molar-refractivity contribution in [3.63, 3.8) is 0 Å². The van der Waals surface area contributed by atoms with E-state index < -0.39 is 20.6 Å². The van der Waals surface area contributed by atoms with E-state index in [4.69, 9.17) is 17.3 Å². The number of nitrogens with two attached hydrogens (primary N) is 1. The van der Waals surface area contributed by atoms with Gasteiger partial charge in [0.15, 0.2) is 0 Å². The predicted octanol–water partition coefficient (Wildman–Crippen LogP) is 1.36. The molecule has 2 aromatic rings. The van der Waals surface area contributed by atoms with E-state index in [1.807, 2.05) is 0 Å². The lowest BCUT2D eigenvalue weighted by Gasteiger charge is -2.07. The van der Waals surface area contributed by atoms with Gasteiger partial charge in [0.2, 0.25) is 5.03 Å². The highest BCUT2D eigenvalue weighted by atomic mass is 35.5. The molecule has 0 unspecified atom stereocenters. The third-order valence-electron chi connectivity index (χ3n) is 2.57. The van der Waals surface area contributed by atoms with Crippen molar-refractivity contribution in [3.8, 4) is 0 Å². The van der Waals surface area contributed by atoms with Crippen molar-refractivity contribution >= 4 is 38.7 Å². The summed E-state index contributed by atoms with van der Waals surface area (Å²) in [5, 5.41) is 10.3. The molecule has 0 aliphatic carbocycles. The summed E-state index contributed by atoms with van der Waals surface area (Å²) in [7, 11) is -2.53. The predicted molar refractivity (Wildman–Crippen MR) is 76.5 cm³/mol. The molecule has 1 heterocycles. The molecule has 0 atom stereocenters. The van der Waals surface area contributed by atoms with Crippen LogP contribution in [-0.4, -0.2) is 22.9 Å². The van der Waals surface area contributed by atoms with Crippen molar-refractivity contribution in [2.24, 2.45) is 7.05 Å². The van der Waals surface area contributed by atoms with Crippen LogP contribution in [0.25, 0.3) is 0 Å². The second-order valence-corrected chi connectivity index (χ2v) is 6.04. The molecule has 0 bridgehead atoms. The molecule has 1 aromatic heterocycles. The average Bonchev–Trinajstić information content (AvgIpc) is 2.72. The van der Waals surface area contributed by atoms with Gasteiger partial charge in [0.1, 0.15) is 10.8 Å². The zero-order valence-electron chi connectivity index (χ0n) is 10.6. The third-order valence-corrected chi connectivity index (χ3v) is 4.44. The number of benzene rings is 1. The molecule has 21 heavy (non-hydrogen) atoms. The lowest BCUT2D eigenvalue weighted by molar-refractivity contribution is -0.383. The van der Waals surface area contributed by atoms with Crippen molar-refractivity contribution < 1.29 is 13.3 Å². The molecule has 0 saturated carbocycles. The van der Waals surface area contributed by atoms with E-state index in [2.05, 4.69) is 9.71 Å². The number of nitrogens with one attached hydrogen (secondary N) is 1. The molecule has 0 fully saturated rings. The van der Waals surface area contributed by atoms with Gasteiger partial charge in [0.25, 0.3) is 15.7 Å². The molecular weight excluding hydrogens is 322 g/mol. The van der Waals surface area contributed by atoms with Crippen LogP contribution in [0.1, 0.15) is 0 Å². The highest BCUT2D eigenvalue weighted by Crippen LogP contribution is 2.27. The Morgan fingerprint density at radius 3 is 2.67 bits per heavy atom. The normalized spacial score (nSPS) is 11.3. The Kier molecular flexibility index (Phi) is 3.75. The molecule has 1 aromatic carbocycles. The summed E-state index contributed by atoms with van der Waals surface area (Å²) >= 11 is 5.82. The smallest absolute Gasteiger partial charge is 0.294 e. The van der Waals surface area contributed by atoms with Crippen molar-refractivity contribution in [1.29, 1.82) is 0 Å². The van der Waals surface area contributed by atoms with Gasteiger partial charge in [-0.05, 0) is 12.1 Å². The molecule has 0 radical (unpaired) electrons. The second-order valence-electron chi connectivity index (χ2n) is 4.09. The van der Waals surface area contributed by atoms with Crippen LogP contribution >= 0.6 is 11.6 Å². The maximum Gasteiger partial charge on any atom is 0.294 e. The van der Waals surface area contributed by atoms with Crippen LogP contribution in [0.15, 0.2) is 29.6 Å². The summed E-state index contributed by atoms with van der Waals surface area (Å²) in [4.78, 5) is 13.8. The number of hydrogen-bond acceptors (Lipinski definition) is 6. The summed E-state index contributed by atoms with van der Waals surface area (Å²) in [6.45, 7) is 0. The van der Waals surface area contributed by atoms with Gasteiger partial charge in [-0.15, -0.1) is 0 Å². The summed E-state index contributed by atoms with van der Waals surface area (Å²) in [5.74, 6) is 0. The minimum absolute atomic E-state index is 0.0161. The Balaban J connectivity index is 2.40. The van der Waals surface area contributed by atoms with Crippen LogP contribution in [-0.2, 0) is 17.1 Å². The number of aromatic nitrogens is 2. The fraction of sp³-hybridized carbons (Fsp3) is 0.100. The first kappa shape index (κ1) is 15.1. The van der Waals surface area contributed by atoms with Crippen molar-refractivity contribution in [1.82, 2.24) is 9.55 Å². The highest BCUT2D eigenvalue weighted by molar-refractivity contribution is 7.92. The van der Waals surface area contributed by atoms with Crippen LogP contribution in [0.2, 0.25) is 5.15 Å². The van der Waals surface area contributed by atoms with E-state index >= 15 is 0 Å². The minimum Gasteiger partial charge on any atom is -0.393 e. The lowest BCUT2D eigenvalue weighted by atomic mass is 10.2. The monoisotopic (exact) mass is 331 g/mol. The molecule has 0 amide bonds. The average molecular weight is 332 g/mol. The molecule has 0 aliphatic rings. The molecule has 0 spiro atoms. The Hall–Kier alpha value is -2.33. The summed E-state index contributed by atoms with van der Waals surface area (Å²) in [6.07, 6.45) is 1.24. The summed E-state index contributed by atoms with van der Waals surface area (Å²) < 4.78 is 27.7. The van der Waals surface area contributed by atoms with Gasteiger partial charge in [0, 0.05) is 13.1 Å². The van der Waals surface area contributed by atoms with E-state index in [1.165, 1.54) is 30.1 Å². The van der Waals surface area contributed by atoms with E-state index in [0.717, 1.165) is 6.07 Å². The Bertz CT molecular complexity index is 817. The Morgan fingerprint density at radius 2 is 2.14 bits per heavy atom. The van der Waals surface area contributed by atoms with Gasteiger partial charge in [-0.3, -0.25) is 14.8 Å². The van der Waals surface area contributed by atoms with Crippen LogP contribution in [0, 0.1) is 10.1 Å². The zero-order valence-corrected chi connectivity index (χ0v) is 12.2. The Morgan fingerprint density at radius 1 is 1.48 bits per heavy atom. The Labute approximate surface area is 124 Å². The van der Waals surface area contributed by atoms with Crippen molar-refractivity contribution in [2.75, 3.05) is 10.5 Å². The maximum absolute atomic E-state index is 12.1. The first-order valence-corrected chi connectivity index (χ1v) is 7.32. The number of nitrogens with zero attached hydrogens (tertiary/aromatic N) is 3. The van der Waals surface area contributed by atoms with Crippen LogP contribution in [0.5, 0.6) is 0 Å². The highest BCUT2D eigenvalue weighted by Gasteiger charge is 2.23. The van der Waals surface area contributed by atoms with E-state index in [0.29, 0.717) is 0 Å². The van der Waals surface area contributed by atoms with Crippen LogP contribution < -0.4 is 10.5 Å². The van der Waals surface area contributed by atoms with E-state index in [9.17, 15) is 18.5 Å². The molecule has 112 valence electrons. The number of imidazole rings is 1. The number of aryl methyl sites for hydroxylation is 1. The number of nitrogen functional groups attached to an aromatic ring is 1. The number of halogens is 1. The maximum atomic E-state index is 12.1. The summed E-state index contributed by atoms with van der Waals surface area (Å²) in [5.41, 5.74) is 4.95. The number of sulfonamides is 1.